The molecule has 1 atom stereocenters. The zero-order valence-corrected chi connectivity index (χ0v) is 12.4. The van der Waals surface area contributed by atoms with Crippen molar-refractivity contribution < 1.29 is 4.11 Å². The molecule has 0 radical (unpaired) electrons. The van der Waals surface area contributed by atoms with Crippen LogP contribution in [0.4, 0.5) is 0 Å². The van der Waals surface area contributed by atoms with Crippen LogP contribution in [0.25, 0.3) is 0 Å². The average molecular weight is 300 g/mol. The molecule has 0 aromatic rings. The second-order valence-electron chi connectivity index (χ2n) is 7.33. The van der Waals surface area contributed by atoms with E-state index in [9.17, 15) is 0 Å². The maximum absolute atomic E-state index is 8.36. The molecule has 1 saturated heterocycles. The van der Waals surface area contributed by atoms with E-state index >= 15 is 0 Å². The van der Waals surface area contributed by atoms with Gasteiger partial charge in [-0.25, -0.2) is 0 Å². The third-order valence-corrected chi connectivity index (χ3v) is 9.57. The van der Waals surface area contributed by atoms with Gasteiger partial charge in [-0.3, -0.25) is 0 Å². The zero-order valence-electron chi connectivity index (χ0n) is 13.7. The Kier molecular flexibility index (Phi) is 1.91. The molecule has 4 aliphatic carbocycles. The van der Waals surface area contributed by atoms with E-state index in [1.165, 1.54) is 56.7 Å². The van der Waals surface area contributed by atoms with Gasteiger partial charge in [-0.2, -0.15) is 0 Å². The third-order valence-electron chi connectivity index (χ3n) is 6.17. The van der Waals surface area contributed by atoms with Gasteiger partial charge >= 0.3 is 117 Å². The summed E-state index contributed by atoms with van der Waals surface area (Å²) in [6, 6.07) is 0. The fourth-order valence-corrected chi connectivity index (χ4v) is 9.05. The van der Waals surface area contributed by atoms with Crippen molar-refractivity contribution in [1.82, 2.24) is 0 Å². The van der Waals surface area contributed by atoms with E-state index in [2.05, 4.69) is 0 Å². The van der Waals surface area contributed by atoms with E-state index in [4.69, 9.17) is 4.11 Å². The molecule has 4 bridgehead atoms. The van der Waals surface area contributed by atoms with Gasteiger partial charge in [-0.1, -0.05) is 0 Å². The minimum absolute atomic E-state index is 0.216. The van der Waals surface area contributed by atoms with E-state index in [1.54, 1.807) is 0 Å². The van der Waals surface area contributed by atoms with Crippen LogP contribution < -0.4 is 0 Å². The van der Waals surface area contributed by atoms with Gasteiger partial charge in [-0.15, -0.1) is 0 Å². The summed E-state index contributed by atoms with van der Waals surface area (Å²) in [5.41, 5.74) is 0.216. The van der Waals surface area contributed by atoms with Crippen molar-refractivity contribution in [3.8, 4) is 0 Å². The van der Waals surface area contributed by atoms with E-state index in [-0.39, 0.29) is 9.73 Å². The fourth-order valence-electron chi connectivity index (χ4n) is 5.82. The molecule has 0 aromatic heterocycles. The van der Waals surface area contributed by atoms with E-state index in [0.717, 1.165) is 24.2 Å². The monoisotopic (exact) mass is 301 g/mol. The van der Waals surface area contributed by atoms with Crippen molar-refractivity contribution in [3.63, 3.8) is 0 Å². The van der Waals surface area contributed by atoms with Gasteiger partial charge in [0.2, 0.25) is 0 Å². The summed E-state index contributed by atoms with van der Waals surface area (Å²) >= 11 is 0.335. The van der Waals surface area contributed by atoms with Gasteiger partial charge in [0.25, 0.3) is 0 Å². The SMILES string of the molecule is [2H]C([2H])([2H])C1(C23CC4CC(CC(C4)C2)C3)CCCC[Se]1. The summed E-state index contributed by atoms with van der Waals surface area (Å²) < 4.78 is 24.8. The van der Waals surface area contributed by atoms with Crippen molar-refractivity contribution in [2.45, 2.75) is 74.3 Å². The number of hydrogen-bond donors (Lipinski definition) is 0. The normalized spacial score (nSPS) is 60.7. The van der Waals surface area contributed by atoms with Crippen LogP contribution in [0.1, 0.15) is 68.8 Å². The summed E-state index contributed by atoms with van der Waals surface area (Å²) in [4.78, 5) is 0. The second-order valence-corrected chi connectivity index (χ2v) is 10.3. The van der Waals surface area contributed by atoms with E-state index in [1.807, 2.05) is 0 Å². The van der Waals surface area contributed by atoms with Crippen LogP contribution in [-0.4, -0.2) is 15.0 Å². The molecule has 17 heavy (non-hydrogen) atoms. The number of rotatable bonds is 1. The molecule has 0 N–H and O–H groups in total. The Morgan fingerprint density at radius 1 is 1.00 bits per heavy atom. The molecule has 5 aliphatic rings. The first-order valence-electron chi connectivity index (χ1n) is 9.08. The van der Waals surface area contributed by atoms with Crippen LogP contribution in [0, 0.1) is 23.2 Å². The Hall–Kier alpha value is 0.519. The minimum atomic E-state index is -1.71. The van der Waals surface area contributed by atoms with Crippen LogP contribution in [0.5, 0.6) is 0 Å². The first-order valence-corrected chi connectivity index (χ1v) is 9.65. The van der Waals surface area contributed by atoms with Gasteiger partial charge in [0.15, 0.2) is 0 Å². The molecule has 1 heteroatoms. The molecule has 96 valence electrons. The molecule has 0 nitrogen and oxygen atoms in total. The summed E-state index contributed by atoms with van der Waals surface area (Å²) in [6.07, 6.45) is 11.5. The summed E-state index contributed by atoms with van der Waals surface area (Å²) in [7, 11) is 0. The molecule has 0 aromatic carbocycles. The van der Waals surface area contributed by atoms with Gasteiger partial charge < -0.3 is 0 Å². The Morgan fingerprint density at radius 3 is 2.12 bits per heavy atom. The van der Waals surface area contributed by atoms with E-state index < -0.39 is 6.85 Å². The van der Waals surface area contributed by atoms with Gasteiger partial charge in [0.1, 0.15) is 0 Å². The molecule has 4 saturated carbocycles. The molecular weight excluding hydrogens is 271 g/mol. The zero-order chi connectivity index (χ0) is 14.0. The van der Waals surface area contributed by atoms with Crippen LogP contribution >= 0.6 is 0 Å². The standard InChI is InChI=1S/C16H26Se/c1-15(4-2-3-5-17-15)16-9-12-6-13(10-16)8-14(7-12)11-16/h12-14H,2-11H2,1H3/i1D3. The molecule has 5 rings (SSSR count). The van der Waals surface area contributed by atoms with Crippen LogP contribution in [0.3, 0.4) is 0 Å². The van der Waals surface area contributed by atoms with Crippen molar-refractivity contribution >= 4 is 15.0 Å². The fraction of sp³-hybridized carbons (Fsp3) is 1.00. The first kappa shape index (κ1) is 8.64. The van der Waals surface area contributed by atoms with Gasteiger partial charge in [0.05, 0.1) is 0 Å². The quantitative estimate of drug-likeness (QED) is 0.616. The van der Waals surface area contributed by atoms with Crippen molar-refractivity contribution in [2.75, 3.05) is 0 Å². The molecule has 1 aliphatic heterocycles. The third kappa shape index (κ3) is 1.61. The van der Waals surface area contributed by atoms with E-state index in [0.29, 0.717) is 15.0 Å². The Morgan fingerprint density at radius 2 is 1.65 bits per heavy atom. The topological polar surface area (TPSA) is 0 Å². The average Bonchev–Trinajstić information content (AvgIpc) is 2.36. The van der Waals surface area contributed by atoms with Gasteiger partial charge in [-0.05, 0) is 0 Å². The maximum atomic E-state index is 8.36. The summed E-state index contributed by atoms with van der Waals surface area (Å²) in [5, 5.41) is 1.22. The second kappa shape index (κ2) is 3.76. The molecule has 1 unspecified atom stereocenters. The molecule has 0 amide bonds. The number of hydrogen-bond acceptors (Lipinski definition) is 0. The summed E-state index contributed by atoms with van der Waals surface area (Å²) in [5.74, 6) is 2.62. The first-order chi connectivity index (χ1) is 9.44. The van der Waals surface area contributed by atoms with Crippen molar-refractivity contribution in [2.24, 2.45) is 23.2 Å². The predicted octanol–water partition coefficient (Wildman–Crippen LogP) is 4.69. The van der Waals surface area contributed by atoms with Crippen LogP contribution in [0.15, 0.2) is 0 Å². The molecule has 5 fully saturated rings. The van der Waals surface area contributed by atoms with Crippen molar-refractivity contribution in [1.29, 1.82) is 0 Å². The molecular formula is C16H26Se. The Bertz CT molecular complexity index is 360. The predicted molar refractivity (Wildman–Crippen MR) is 73.4 cm³/mol. The van der Waals surface area contributed by atoms with Crippen LogP contribution in [-0.2, 0) is 0 Å². The molecule has 0 spiro atoms. The van der Waals surface area contributed by atoms with Crippen LogP contribution in [0.2, 0.25) is 9.63 Å². The Labute approximate surface area is 117 Å². The Balaban J connectivity index is 1.76. The van der Waals surface area contributed by atoms with Crippen molar-refractivity contribution in [3.05, 3.63) is 0 Å². The van der Waals surface area contributed by atoms with Gasteiger partial charge in [0, 0.05) is 0 Å². The summed E-state index contributed by atoms with van der Waals surface area (Å²) in [6.45, 7) is -1.71. The molecule has 1 heterocycles.